The zero-order valence-corrected chi connectivity index (χ0v) is 14.3. The molecule has 5 nitrogen and oxygen atoms in total. The first-order valence-corrected chi connectivity index (χ1v) is 8.22. The number of alkyl halides is 3. The summed E-state index contributed by atoms with van der Waals surface area (Å²) in [5, 5.41) is 2.79. The van der Waals surface area contributed by atoms with Crippen LogP contribution in [0, 0.1) is 6.92 Å². The second-order valence-electron chi connectivity index (χ2n) is 5.47. The summed E-state index contributed by atoms with van der Waals surface area (Å²) in [7, 11) is 0. The number of aromatic nitrogens is 2. The van der Waals surface area contributed by atoms with Gasteiger partial charge in [0, 0.05) is 18.0 Å². The minimum atomic E-state index is -4.51. The third kappa shape index (κ3) is 3.83. The highest BCUT2D eigenvalue weighted by molar-refractivity contribution is 7.18. The maximum atomic E-state index is 12.8. The molecule has 0 atom stereocenters. The Labute approximate surface area is 150 Å². The Morgan fingerprint density at radius 1 is 1.19 bits per heavy atom. The fourth-order valence-corrected chi connectivity index (χ4v) is 3.07. The number of aryl methyl sites for hydroxylation is 1. The zero-order chi connectivity index (χ0) is 18.9. The predicted octanol–water partition coefficient (Wildman–Crippen LogP) is 4.37. The van der Waals surface area contributed by atoms with Gasteiger partial charge in [0.2, 0.25) is 0 Å². The number of hydrogen-bond donors (Lipinski definition) is 2. The largest absolute Gasteiger partial charge is 0.416 e. The van der Waals surface area contributed by atoms with Crippen molar-refractivity contribution >= 4 is 28.2 Å². The molecule has 0 radical (unpaired) electrons. The van der Waals surface area contributed by atoms with Crippen LogP contribution < -0.4 is 11.1 Å². The molecule has 0 bridgehead atoms. The summed E-state index contributed by atoms with van der Waals surface area (Å²) >= 11 is 1.28. The Morgan fingerprint density at radius 3 is 2.62 bits per heavy atom. The number of nitrogens with one attached hydrogen (secondary N) is 1. The van der Waals surface area contributed by atoms with Gasteiger partial charge < -0.3 is 11.1 Å². The maximum Gasteiger partial charge on any atom is 0.416 e. The number of anilines is 2. The molecule has 2 aromatic heterocycles. The molecule has 0 aliphatic heterocycles. The summed E-state index contributed by atoms with van der Waals surface area (Å²) < 4.78 is 38.3. The number of rotatable bonds is 3. The van der Waals surface area contributed by atoms with E-state index in [1.165, 1.54) is 11.3 Å². The van der Waals surface area contributed by atoms with Gasteiger partial charge in [0.1, 0.15) is 5.82 Å². The molecule has 0 saturated carbocycles. The van der Waals surface area contributed by atoms with E-state index in [9.17, 15) is 18.0 Å². The van der Waals surface area contributed by atoms with E-state index < -0.39 is 17.6 Å². The molecule has 0 aliphatic rings. The lowest BCUT2D eigenvalue weighted by atomic mass is 10.0. The van der Waals surface area contributed by atoms with Crippen LogP contribution in [0.15, 0.2) is 42.7 Å². The molecule has 0 saturated heterocycles. The first-order valence-electron chi connectivity index (χ1n) is 7.41. The monoisotopic (exact) mass is 378 g/mol. The number of halogens is 3. The van der Waals surface area contributed by atoms with Crippen molar-refractivity contribution in [1.82, 2.24) is 9.97 Å². The number of nitrogens with two attached hydrogens (primary N) is 1. The number of carbonyl (C=O) groups is 1. The summed E-state index contributed by atoms with van der Waals surface area (Å²) in [5.74, 6) is -0.732. The number of hydrogen-bond acceptors (Lipinski definition) is 5. The molecule has 0 aliphatic carbocycles. The van der Waals surface area contributed by atoms with Crippen LogP contribution in [0.3, 0.4) is 0 Å². The SMILES string of the molecule is Cc1ccc(C(=O)Nc2cc(C(F)(F)F)ccn2)cc1-c1cnc(N)s1. The molecule has 3 rings (SSSR count). The van der Waals surface area contributed by atoms with E-state index in [4.69, 9.17) is 5.73 Å². The fourth-order valence-electron chi connectivity index (χ4n) is 2.30. The summed E-state index contributed by atoms with van der Waals surface area (Å²) in [6.45, 7) is 1.88. The van der Waals surface area contributed by atoms with Crippen LogP contribution in [0.4, 0.5) is 24.1 Å². The molecule has 0 fully saturated rings. The molecule has 0 unspecified atom stereocenters. The van der Waals surface area contributed by atoms with Crippen LogP contribution in [-0.2, 0) is 6.18 Å². The van der Waals surface area contributed by atoms with Gasteiger partial charge in [-0.25, -0.2) is 9.97 Å². The van der Waals surface area contributed by atoms with E-state index in [-0.39, 0.29) is 11.4 Å². The quantitative estimate of drug-likeness (QED) is 0.709. The van der Waals surface area contributed by atoms with Gasteiger partial charge in [-0.1, -0.05) is 17.4 Å². The van der Waals surface area contributed by atoms with Gasteiger partial charge in [0.25, 0.3) is 5.91 Å². The first-order chi connectivity index (χ1) is 12.2. The summed E-state index contributed by atoms with van der Waals surface area (Å²) in [4.78, 5) is 21.0. The van der Waals surface area contributed by atoms with Gasteiger partial charge in [-0.2, -0.15) is 13.2 Å². The molecule has 3 aromatic rings. The van der Waals surface area contributed by atoms with E-state index in [0.29, 0.717) is 5.13 Å². The number of amides is 1. The van der Waals surface area contributed by atoms with Crippen molar-refractivity contribution in [2.24, 2.45) is 0 Å². The molecule has 1 aromatic carbocycles. The second-order valence-corrected chi connectivity index (χ2v) is 6.54. The number of nitrogen functional groups attached to an aromatic ring is 1. The average Bonchev–Trinajstić information content (AvgIpc) is 3.01. The third-order valence-corrected chi connectivity index (χ3v) is 4.48. The minimum absolute atomic E-state index is 0.172. The van der Waals surface area contributed by atoms with Gasteiger partial charge in [-0.3, -0.25) is 4.79 Å². The van der Waals surface area contributed by atoms with E-state index in [1.54, 1.807) is 24.4 Å². The number of carbonyl (C=O) groups excluding carboxylic acids is 1. The van der Waals surface area contributed by atoms with Gasteiger partial charge in [0.15, 0.2) is 5.13 Å². The van der Waals surface area contributed by atoms with Crippen molar-refractivity contribution in [3.63, 3.8) is 0 Å². The number of benzene rings is 1. The Morgan fingerprint density at radius 2 is 1.96 bits per heavy atom. The normalized spacial score (nSPS) is 11.4. The molecule has 134 valence electrons. The van der Waals surface area contributed by atoms with Gasteiger partial charge in [-0.15, -0.1) is 0 Å². The van der Waals surface area contributed by atoms with Crippen LogP contribution in [0.5, 0.6) is 0 Å². The van der Waals surface area contributed by atoms with E-state index in [1.807, 2.05) is 6.92 Å². The third-order valence-electron chi connectivity index (χ3n) is 3.62. The Kier molecular flexibility index (Phi) is 4.64. The van der Waals surface area contributed by atoms with E-state index >= 15 is 0 Å². The number of nitrogens with zero attached hydrogens (tertiary/aromatic N) is 2. The highest BCUT2D eigenvalue weighted by Gasteiger charge is 2.30. The maximum absolute atomic E-state index is 12.8. The van der Waals surface area contributed by atoms with Crippen LogP contribution in [0.1, 0.15) is 21.5 Å². The van der Waals surface area contributed by atoms with Crippen molar-refractivity contribution in [3.05, 3.63) is 59.4 Å². The summed E-state index contributed by atoms with van der Waals surface area (Å²) in [6.07, 6.45) is -1.90. The molecule has 2 heterocycles. The first kappa shape index (κ1) is 17.9. The molecular weight excluding hydrogens is 365 g/mol. The van der Waals surface area contributed by atoms with Gasteiger partial charge in [0.05, 0.1) is 10.4 Å². The topological polar surface area (TPSA) is 80.9 Å². The van der Waals surface area contributed by atoms with Crippen molar-refractivity contribution in [2.75, 3.05) is 11.1 Å². The highest BCUT2D eigenvalue weighted by atomic mass is 32.1. The van der Waals surface area contributed by atoms with Crippen molar-refractivity contribution in [1.29, 1.82) is 0 Å². The molecule has 9 heteroatoms. The van der Waals surface area contributed by atoms with Crippen molar-refractivity contribution in [2.45, 2.75) is 13.1 Å². The Bertz CT molecular complexity index is 969. The highest BCUT2D eigenvalue weighted by Crippen LogP contribution is 2.32. The smallest absolute Gasteiger partial charge is 0.375 e. The van der Waals surface area contributed by atoms with Crippen LogP contribution in [0.2, 0.25) is 0 Å². The standard InChI is InChI=1S/C17H13F3N4OS/c1-9-2-3-10(6-12(9)13-8-23-16(21)26-13)15(25)24-14-7-11(4-5-22-14)17(18,19)20/h2-8H,1H3,(H2,21,23)(H,22,24,25). The number of thiazole rings is 1. The van der Waals surface area contributed by atoms with Crippen molar-refractivity contribution in [3.8, 4) is 10.4 Å². The molecule has 3 N–H and O–H groups in total. The van der Waals surface area contributed by atoms with Gasteiger partial charge in [-0.05, 0) is 42.3 Å². The Hall–Kier alpha value is -2.94. The second kappa shape index (κ2) is 6.75. The molecule has 26 heavy (non-hydrogen) atoms. The number of pyridine rings is 1. The lowest BCUT2D eigenvalue weighted by Gasteiger charge is -2.10. The van der Waals surface area contributed by atoms with Gasteiger partial charge >= 0.3 is 6.18 Å². The zero-order valence-electron chi connectivity index (χ0n) is 13.5. The molecule has 1 amide bonds. The van der Waals surface area contributed by atoms with E-state index in [2.05, 4.69) is 15.3 Å². The average molecular weight is 378 g/mol. The predicted molar refractivity (Wildman–Crippen MR) is 93.9 cm³/mol. The fraction of sp³-hybridized carbons (Fsp3) is 0.118. The lowest BCUT2D eigenvalue weighted by Crippen LogP contribution is -2.14. The lowest BCUT2D eigenvalue weighted by molar-refractivity contribution is -0.137. The van der Waals surface area contributed by atoms with E-state index in [0.717, 1.165) is 34.3 Å². The summed E-state index contributed by atoms with van der Waals surface area (Å²) in [5.41, 5.74) is 6.75. The summed E-state index contributed by atoms with van der Waals surface area (Å²) in [6, 6.07) is 6.61. The van der Waals surface area contributed by atoms with Crippen LogP contribution >= 0.6 is 11.3 Å². The minimum Gasteiger partial charge on any atom is -0.375 e. The Balaban J connectivity index is 1.87. The van der Waals surface area contributed by atoms with Crippen LogP contribution in [-0.4, -0.2) is 15.9 Å². The van der Waals surface area contributed by atoms with Crippen LogP contribution in [0.25, 0.3) is 10.4 Å². The molecule has 0 spiro atoms. The van der Waals surface area contributed by atoms with Crippen molar-refractivity contribution < 1.29 is 18.0 Å². The molecular formula is C17H13F3N4OS.